The van der Waals surface area contributed by atoms with Crippen LogP contribution in [0.2, 0.25) is 0 Å². The molecule has 0 fully saturated rings. The Morgan fingerprint density at radius 1 is 0.818 bits per heavy atom. The molecule has 5 rings (SSSR count). The van der Waals surface area contributed by atoms with Crippen LogP contribution in [0.5, 0.6) is 0 Å². The van der Waals surface area contributed by atoms with Gasteiger partial charge in [-0.05, 0) is 48.4 Å². The first kappa shape index (κ1) is 20.9. The lowest BCUT2D eigenvalue weighted by molar-refractivity contribution is 0.955. The average molecular weight is 433 g/mol. The summed E-state index contributed by atoms with van der Waals surface area (Å²) in [6.45, 7) is 1.40. The fraction of sp³-hybridized carbons (Fsp3) is 0.103. The summed E-state index contributed by atoms with van der Waals surface area (Å²) >= 11 is 0. The van der Waals surface area contributed by atoms with E-state index in [2.05, 4.69) is 100 Å². The van der Waals surface area contributed by atoms with Crippen LogP contribution in [0.25, 0.3) is 39.0 Å². The van der Waals surface area contributed by atoms with Gasteiger partial charge in [-0.1, -0.05) is 78.9 Å². The maximum Gasteiger partial charge on any atom is 0.0727 e. The number of rotatable bonds is 5. The number of para-hydroxylation sites is 1. The first-order valence-corrected chi connectivity index (χ1v) is 11.4. The van der Waals surface area contributed by atoms with Crippen LogP contribution in [0.3, 0.4) is 0 Å². The van der Waals surface area contributed by atoms with Crippen LogP contribution in [-0.2, 0) is 0 Å². The second-order valence-electron chi connectivity index (χ2n) is 8.01. The van der Waals surface area contributed by atoms with Crippen LogP contribution < -0.4 is 16.5 Å². The number of hydrogen-bond donors (Lipinski definition) is 3. The monoisotopic (exact) mass is 432 g/mol. The highest BCUT2D eigenvalue weighted by atomic mass is 15.4. The molecule has 1 aliphatic heterocycles. The number of fused-ring (bicyclic) bond motifs is 6. The van der Waals surface area contributed by atoms with Crippen molar-refractivity contribution in [2.45, 2.75) is 6.42 Å². The summed E-state index contributed by atoms with van der Waals surface area (Å²) in [5.74, 6) is 0. The van der Waals surface area contributed by atoms with Gasteiger partial charge >= 0.3 is 0 Å². The molecule has 0 amide bonds. The molecule has 0 spiro atoms. The molecule has 0 unspecified atom stereocenters. The van der Waals surface area contributed by atoms with E-state index in [1.165, 1.54) is 27.5 Å². The lowest BCUT2D eigenvalue weighted by Gasteiger charge is -2.15. The number of allylic oxidation sites excluding steroid dienone is 4. The van der Waals surface area contributed by atoms with Gasteiger partial charge in [0.15, 0.2) is 0 Å². The standard InChI is InChI=1S/C29H28N4/c30-17-9-3-11-19-32-33-28-16-8-7-15-24(28)26-20-25-23-14-6-5-13-22(23)12-4-1-2-10-18-31-27(25)21-29(26)33/h1-8,10-16,18,20-21,31-32H,9,17,19,30H2/b2-1-,11-3-,12-4-,18-10+. The molecule has 3 aromatic carbocycles. The molecule has 1 aliphatic rings. The van der Waals surface area contributed by atoms with Crippen LogP contribution in [0.15, 0.2) is 103 Å². The number of nitrogens with zero attached hydrogens (tertiary/aromatic N) is 1. The number of anilines is 1. The summed E-state index contributed by atoms with van der Waals surface area (Å²) < 4.78 is 2.19. The molecule has 0 saturated carbocycles. The predicted octanol–water partition coefficient (Wildman–Crippen LogP) is 6.42. The smallest absolute Gasteiger partial charge is 0.0727 e. The Morgan fingerprint density at radius 2 is 1.67 bits per heavy atom. The van der Waals surface area contributed by atoms with Crippen molar-refractivity contribution in [1.82, 2.24) is 4.68 Å². The van der Waals surface area contributed by atoms with Crippen LogP contribution >= 0.6 is 0 Å². The fourth-order valence-corrected chi connectivity index (χ4v) is 4.34. The first-order chi connectivity index (χ1) is 16.4. The minimum atomic E-state index is 0.670. The summed E-state index contributed by atoms with van der Waals surface area (Å²) in [6.07, 6.45) is 17.5. The molecule has 0 radical (unpaired) electrons. The van der Waals surface area contributed by atoms with Crippen LogP contribution in [-0.4, -0.2) is 17.8 Å². The highest BCUT2D eigenvalue weighted by Gasteiger charge is 2.16. The number of benzene rings is 3. The quantitative estimate of drug-likeness (QED) is 0.319. The zero-order chi connectivity index (χ0) is 22.5. The van der Waals surface area contributed by atoms with Crippen LogP contribution in [0.1, 0.15) is 12.0 Å². The highest BCUT2D eigenvalue weighted by molar-refractivity contribution is 6.11. The Bertz CT molecular complexity index is 1400. The lowest BCUT2D eigenvalue weighted by Crippen LogP contribution is -2.14. The van der Waals surface area contributed by atoms with Crippen molar-refractivity contribution < 1.29 is 0 Å². The van der Waals surface area contributed by atoms with Gasteiger partial charge in [0.1, 0.15) is 0 Å². The zero-order valence-electron chi connectivity index (χ0n) is 18.5. The number of hydrogen-bond acceptors (Lipinski definition) is 3. The van der Waals surface area contributed by atoms with E-state index >= 15 is 0 Å². The van der Waals surface area contributed by atoms with Crippen molar-refractivity contribution in [2.75, 3.05) is 23.8 Å². The molecule has 164 valence electrons. The van der Waals surface area contributed by atoms with E-state index in [4.69, 9.17) is 5.73 Å². The lowest BCUT2D eigenvalue weighted by atomic mass is 9.96. The molecule has 4 N–H and O–H groups in total. The van der Waals surface area contributed by atoms with Gasteiger partial charge in [0.25, 0.3) is 0 Å². The van der Waals surface area contributed by atoms with Gasteiger partial charge in [0.2, 0.25) is 0 Å². The molecule has 4 heteroatoms. The van der Waals surface area contributed by atoms with Crippen molar-refractivity contribution in [3.63, 3.8) is 0 Å². The summed E-state index contributed by atoms with van der Waals surface area (Å²) in [6, 6.07) is 21.7. The molecule has 4 aromatic rings. The zero-order valence-corrected chi connectivity index (χ0v) is 18.5. The third kappa shape index (κ3) is 4.21. The van der Waals surface area contributed by atoms with Gasteiger partial charge < -0.3 is 16.5 Å². The molecule has 0 aliphatic carbocycles. The van der Waals surface area contributed by atoms with Crippen molar-refractivity contribution in [2.24, 2.45) is 5.73 Å². The Morgan fingerprint density at radius 3 is 2.61 bits per heavy atom. The van der Waals surface area contributed by atoms with Crippen molar-refractivity contribution in [1.29, 1.82) is 0 Å². The van der Waals surface area contributed by atoms with E-state index in [1.807, 2.05) is 24.4 Å². The largest absolute Gasteiger partial charge is 0.361 e. The van der Waals surface area contributed by atoms with Crippen molar-refractivity contribution in [3.05, 3.63) is 109 Å². The highest BCUT2D eigenvalue weighted by Crippen LogP contribution is 2.38. The minimum Gasteiger partial charge on any atom is -0.361 e. The third-order valence-corrected chi connectivity index (χ3v) is 5.87. The number of nitrogens with one attached hydrogen (secondary N) is 2. The third-order valence-electron chi connectivity index (χ3n) is 5.87. The SMILES string of the molecule is NCC/C=C\CNn1c2ccccc2c2cc3c(cc21)N/C=C/C=C\C=C/c1ccccc1-3. The van der Waals surface area contributed by atoms with Gasteiger partial charge in [-0.15, -0.1) is 0 Å². The van der Waals surface area contributed by atoms with E-state index in [0.717, 1.165) is 29.7 Å². The molecule has 33 heavy (non-hydrogen) atoms. The molecular weight excluding hydrogens is 404 g/mol. The van der Waals surface area contributed by atoms with Crippen LogP contribution in [0.4, 0.5) is 5.69 Å². The average Bonchev–Trinajstić information content (AvgIpc) is 3.13. The molecule has 0 atom stereocenters. The minimum absolute atomic E-state index is 0.670. The summed E-state index contributed by atoms with van der Waals surface area (Å²) in [5.41, 5.74) is 16.1. The second-order valence-corrected chi connectivity index (χ2v) is 8.01. The topological polar surface area (TPSA) is 55.0 Å². The second kappa shape index (κ2) is 9.63. The van der Waals surface area contributed by atoms with E-state index in [0.29, 0.717) is 6.54 Å². The van der Waals surface area contributed by atoms with Gasteiger partial charge in [-0.3, -0.25) is 4.68 Å². The maximum absolute atomic E-state index is 5.61. The Labute approximate surface area is 194 Å². The summed E-state index contributed by atoms with van der Waals surface area (Å²) in [7, 11) is 0. The Balaban J connectivity index is 1.72. The molecular formula is C29H28N4. The van der Waals surface area contributed by atoms with E-state index in [9.17, 15) is 0 Å². The van der Waals surface area contributed by atoms with Crippen LogP contribution in [0, 0.1) is 0 Å². The predicted molar refractivity (Wildman–Crippen MR) is 143 cm³/mol. The van der Waals surface area contributed by atoms with Gasteiger partial charge in [-0.2, -0.15) is 0 Å². The summed E-state index contributed by atoms with van der Waals surface area (Å²) in [5, 5.41) is 5.97. The Hall–Kier alpha value is -4.02. The number of aromatic nitrogens is 1. The van der Waals surface area contributed by atoms with Gasteiger partial charge in [0, 0.05) is 34.8 Å². The molecule has 0 bridgehead atoms. The molecule has 1 aromatic heterocycles. The molecule has 4 nitrogen and oxygen atoms in total. The Kier molecular flexibility index (Phi) is 6.09. The van der Waals surface area contributed by atoms with E-state index < -0.39 is 0 Å². The normalized spacial score (nSPS) is 16.0. The van der Waals surface area contributed by atoms with Gasteiger partial charge in [-0.25, -0.2) is 0 Å². The fourth-order valence-electron chi connectivity index (χ4n) is 4.34. The summed E-state index contributed by atoms with van der Waals surface area (Å²) in [4.78, 5) is 0. The van der Waals surface area contributed by atoms with E-state index in [1.54, 1.807) is 0 Å². The number of nitrogens with two attached hydrogens (primary N) is 1. The van der Waals surface area contributed by atoms with Crippen molar-refractivity contribution in [3.8, 4) is 11.1 Å². The molecule has 0 saturated heterocycles. The first-order valence-electron chi connectivity index (χ1n) is 11.4. The molecule has 2 heterocycles. The van der Waals surface area contributed by atoms with E-state index in [-0.39, 0.29) is 0 Å². The van der Waals surface area contributed by atoms with Gasteiger partial charge in [0.05, 0.1) is 11.0 Å². The van der Waals surface area contributed by atoms with Crippen molar-refractivity contribution >= 4 is 33.6 Å². The maximum atomic E-state index is 5.61.